The first-order valence-electron chi connectivity index (χ1n) is 7.47. The van der Waals surface area contributed by atoms with Gasteiger partial charge < -0.3 is 10.1 Å². The summed E-state index contributed by atoms with van der Waals surface area (Å²) in [6, 6.07) is 9.24. The number of rotatable bonds is 5. The van der Waals surface area contributed by atoms with Gasteiger partial charge in [0.1, 0.15) is 5.75 Å². The summed E-state index contributed by atoms with van der Waals surface area (Å²) in [6.07, 6.45) is 2.69. The van der Waals surface area contributed by atoms with Crippen molar-refractivity contribution in [2.45, 2.75) is 32.4 Å². The van der Waals surface area contributed by atoms with E-state index in [2.05, 4.69) is 41.4 Å². The number of nitrogens with one attached hydrogen (secondary N) is 1. The van der Waals surface area contributed by atoms with E-state index in [4.69, 9.17) is 4.74 Å². The molecule has 1 atom stereocenters. The molecule has 1 aromatic carbocycles. The van der Waals surface area contributed by atoms with Gasteiger partial charge in [-0.05, 0) is 43.4 Å². The molecule has 1 aromatic rings. The maximum atomic E-state index is 5.77. The highest BCUT2D eigenvalue weighted by Gasteiger charge is 2.21. The van der Waals surface area contributed by atoms with Crippen LogP contribution < -0.4 is 10.1 Å². The summed E-state index contributed by atoms with van der Waals surface area (Å²) in [5.41, 5.74) is 1.38. The molecule has 1 saturated heterocycles. The number of hydrogen-bond acceptors (Lipinski definition) is 3. The van der Waals surface area contributed by atoms with Crippen molar-refractivity contribution in [1.29, 1.82) is 0 Å². The van der Waals surface area contributed by atoms with Crippen molar-refractivity contribution >= 4 is 12.4 Å². The third-order valence-corrected chi connectivity index (χ3v) is 3.97. The van der Waals surface area contributed by atoms with Gasteiger partial charge in [-0.15, -0.1) is 12.4 Å². The molecular formula is C16H25ClN2O. The lowest BCUT2D eigenvalue weighted by Crippen LogP contribution is -2.48. The Bertz CT molecular complexity index is 405. The van der Waals surface area contributed by atoms with Gasteiger partial charge in [-0.2, -0.15) is 0 Å². The quantitative estimate of drug-likeness (QED) is 0.904. The van der Waals surface area contributed by atoms with E-state index >= 15 is 0 Å². The van der Waals surface area contributed by atoms with Gasteiger partial charge in [-0.1, -0.05) is 12.1 Å². The highest BCUT2D eigenvalue weighted by atomic mass is 35.5. The lowest BCUT2D eigenvalue weighted by Gasteiger charge is -2.31. The normalized spacial score (nSPS) is 23.1. The van der Waals surface area contributed by atoms with Crippen molar-refractivity contribution in [2.24, 2.45) is 5.92 Å². The summed E-state index contributed by atoms with van der Waals surface area (Å²) in [5, 5.41) is 3.48. The monoisotopic (exact) mass is 296 g/mol. The largest absolute Gasteiger partial charge is 0.493 e. The Hall–Kier alpha value is -0.770. The second-order valence-corrected chi connectivity index (χ2v) is 5.99. The van der Waals surface area contributed by atoms with Crippen molar-refractivity contribution in [1.82, 2.24) is 10.2 Å². The van der Waals surface area contributed by atoms with Crippen LogP contribution >= 0.6 is 12.4 Å². The van der Waals surface area contributed by atoms with E-state index in [1.54, 1.807) is 0 Å². The molecule has 1 heterocycles. The van der Waals surface area contributed by atoms with Crippen LogP contribution in [-0.4, -0.2) is 37.2 Å². The molecule has 0 bridgehead atoms. The zero-order chi connectivity index (χ0) is 13.1. The van der Waals surface area contributed by atoms with Crippen molar-refractivity contribution in [3.05, 3.63) is 29.8 Å². The molecule has 3 nitrogen and oxygen atoms in total. The standard InChI is InChI=1S/C16H24N2O.ClH/c1-13-10-18(9-8-17-13)11-14-4-6-16(7-5-14)19-12-15-2-3-15;/h4-7,13,15,17H,2-3,8-12H2,1H3;1H/t13-;/m1./s1. The molecule has 20 heavy (non-hydrogen) atoms. The second-order valence-electron chi connectivity index (χ2n) is 5.99. The molecule has 0 unspecified atom stereocenters. The molecule has 4 heteroatoms. The molecule has 0 aromatic heterocycles. The molecule has 1 aliphatic heterocycles. The average Bonchev–Trinajstić information content (AvgIpc) is 3.22. The maximum absolute atomic E-state index is 5.77. The summed E-state index contributed by atoms with van der Waals surface area (Å²) in [6.45, 7) is 7.58. The van der Waals surface area contributed by atoms with Crippen LogP contribution in [0.25, 0.3) is 0 Å². The van der Waals surface area contributed by atoms with Crippen LogP contribution in [0.2, 0.25) is 0 Å². The van der Waals surface area contributed by atoms with Crippen LogP contribution in [-0.2, 0) is 6.54 Å². The predicted molar refractivity (Wildman–Crippen MR) is 84.7 cm³/mol. The summed E-state index contributed by atoms with van der Waals surface area (Å²) < 4.78 is 5.77. The Morgan fingerprint density at radius 2 is 2.00 bits per heavy atom. The van der Waals surface area contributed by atoms with E-state index in [-0.39, 0.29) is 12.4 Å². The first kappa shape index (κ1) is 15.6. The minimum Gasteiger partial charge on any atom is -0.493 e. The van der Waals surface area contributed by atoms with Crippen molar-refractivity contribution in [3.63, 3.8) is 0 Å². The van der Waals surface area contributed by atoms with Crippen molar-refractivity contribution in [2.75, 3.05) is 26.2 Å². The van der Waals surface area contributed by atoms with Crippen LogP contribution in [0.5, 0.6) is 5.75 Å². The summed E-state index contributed by atoms with van der Waals surface area (Å²) in [4.78, 5) is 2.52. The van der Waals surface area contributed by atoms with Gasteiger partial charge >= 0.3 is 0 Å². The fraction of sp³-hybridized carbons (Fsp3) is 0.625. The maximum Gasteiger partial charge on any atom is 0.119 e. The first-order chi connectivity index (χ1) is 9.29. The van der Waals surface area contributed by atoms with Gasteiger partial charge in [-0.3, -0.25) is 4.90 Å². The molecule has 0 spiro atoms. The van der Waals surface area contributed by atoms with Gasteiger partial charge in [0.05, 0.1) is 6.61 Å². The molecule has 0 radical (unpaired) electrons. The van der Waals surface area contributed by atoms with E-state index in [0.717, 1.165) is 44.5 Å². The van der Waals surface area contributed by atoms with Crippen LogP contribution in [0.15, 0.2) is 24.3 Å². The van der Waals surface area contributed by atoms with Gasteiger partial charge in [0, 0.05) is 32.2 Å². The van der Waals surface area contributed by atoms with E-state index in [0.29, 0.717) is 6.04 Å². The lowest BCUT2D eigenvalue weighted by atomic mass is 10.1. The minimum absolute atomic E-state index is 0. The summed E-state index contributed by atoms with van der Waals surface area (Å²) in [5.74, 6) is 1.84. The Kier molecular flexibility index (Phi) is 5.70. The molecule has 1 N–H and O–H groups in total. The average molecular weight is 297 g/mol. The van der Waals surface area contributed by atoms with E-state index in [1.807, 2.05) is 0 Å². The highest BCUT2D eigenvalue weighted by Crippen LogP contribution is 2.29. The van der Waals surface area contributed by atoms with Gasteiger partial charge in [-0.25, -0.2) is 0 Å². The van der Waals surface area contributed by atoms with Gasteiger partial charge in [0.15, 0.2) is 0 Å². The molecule has 2 aliphatic rings. The molecule has 112 valence electrons. The molecule has 1 aliphatic carbocycles. The minimum atomic E-state index is 0. The van der Waals surface area contributed by atoms with E-state index < -0.39 is 0 Å². The van der Waals surface area contributed by atoms with Crippen LogP contribution in [0.1, 0.15) is 25.3 Å². The number of piperazine rings is 1. The third kappa shape index (κ3) is 4.65. The smallest absolute Gasteiger partial charge is 0.119 e. The fourth-order valence-corrected chi connectivity index (χ4v) is 2.60. The number of halogens is 1. The molecule has 3 rings (SSSR count). The van der Waals surface area contributed by atoms with Crippen LogP contribution in [0, 0.1) is 5.92 Å². The van der Waals surface area contributed by atoms with E-state index in [1.165, 1.54) is 18.4 Å². The lowest BCUT2D eigenvalue weighted by molar-refractivity contribution is 0.199. The number of ether oxygens (including phenoxy) is 1. The zero-order valence-electron chi connectivity index (χ0n) is 12.2. The number of hydrogen-bond donors (Lipinski definition) is 1. The molecule has 2 fully saturated rings. The van der Waals surface area contributed by atoms with Gasteiger partial charge in [0.25, 0.3) is 0 Å². The Morgan fingerprint density at radius 1 is 1.25 bits per heavy atom. The summed E-state index contributed by atoms with van der Waals surface area (Å²) >= 11 is 0. The SMILES string of the molecule is C[C@@H]1CN(Cc2ccc(OCC3CC3)cc2)CCN1.Cl. The predicted octanol–water partition coefficient (Wildman–Crippen LogP) is 2.69. The van der Waals surface area contributed by atoms with Crippen molar-refractivity contribution < 1.29 is 4.74 Å². The van der Waals surface area contributed by atoms with Crippen LogP contribution in [0.3, 0.4) is 0 Å². The Balaban J connectivity index is 0.00000147. The topological polar surface area (TPSA) is 24.5 Å². The number of nitrogens with zero attached hydrogens (tertiary/aromatic N) is 1. The molecule has 1 saturated carbocycles. The van der Waals surface area contributed by atoms with Crippen LogP contribution in [0.4, 0.5) is 0 Å². The van der Waals surface area contributed by atoms with E-state index in [9.17, 15) is 0 Å². The first-order valence-corrected chi connectivity index (χ1v) is 7.47. The second kappa shape index (κ2) is 7.30. The molecular weight excluding hydrogens is 272 g/mol. The Morgan fingerprint density at radius 3 is 2.65 bits per heavy atom. The Labute approximate surface area is 128 Å². The summed E-state index contributed by atoms with van der Waals surface area (Å²) in [7, 11) is 0. The molecule has 0 amide bonds. The van der Waals surface area contributed by atoms with Crippen molar-refractivity contribution in [3.8, 4) is 5.75 Å². The highest BCUT2D eigenvalue weighted by molar-refractivity contribution is 5.85. The zero-order valence-corrected chi connectivity index (χ0v) is 13.0. The van der Waals surface area contributed by atoms with Gasteiger partial charge in [0.2, 0.25) is 0 Å². The number of benzene rings is 1. The fourth-order valence-electron chi connectivity index (χ4n) is 2.60. The third-order valence-electron chi connectivity index (χ3n) is 3.97.